The van der Waals surface area contributed by atoms with E-state index in [-0.39, 0.29) is 45.2 Å². The predicted octanol–water partition coefficient (Wildman–Crippen LogP) is 2.90. The van der Waals surface area contributed by atoms with E-state index >= 15 is 0 Å². The number of aromatic hydroxyl groups is 1. The number of thioether (sulfide) groups is 1. The molecule has 0 radical (unpaired) electrons. The number of hydrogen-bond donors (Lipinski definition) is 5. The maximum atomic E-state index is 11.4. The summed E-state index contributed by atoms with van der Waals surface area (Å²) in [5, 5.41) is 34.4. The lowest BCUT2D eigenvalue weighted by Crippen LogP contribution is -2.14. The fraction of sp³-hybridized carbons (Fsp3) is 0.0526. The number of anilines is 1. The molecule has 0 aliphatic heterocycles. The van der Waals surface area contributed by atoms with E-state index in [1.54, 1.807) is 6.26 Å². The van der Waals surface area contributed by atoms with Gasteiger partial charge in [-0.1, -0.05) is 0 Å². The molecular weight excluding hydrogens is 384 g/mol. The third kappa shape index (κ3) is 4.38. The summed E-state index contributed by atoms with van der Waals surface area (Å²) in [6.45, 7) is 0. The van der Waals surface area contributed by atoms with Crippen LogP contribution in [0.2, 0.25) is 0 Å². The van der Waals surface area contributed by atoms with Crippen LogP contribution >= 0.6 is 11.8 Å². The molecule has 28 heavy (non-hydrogen) atoms. The zero-order valence-electron chi connectivity index (χ0n) is 14.6. The topological polar surface area (TPSA) is 162 Å². The lowest BCUT2D eigenvalue weighted by molar-refractivity contribution is 0.0696. The number of carboxylic acid groups (broad SMARTS) is 2. The van der Waals surface area contributed by atoms with Crippen molar-refractivity contribution in [1.29, 1.82) is 5.41 Å². The second-order valence-corrected chi connectivity index (χ2v) is 6.48. The van der Waals surface area contributed by atoms with E-state index < -0.39 is 11.9 Å². The van der Waals surface area contributed by atoms with E-state index in [0.29, 0.717) is 4.90 Å². The summed E-state index contributed by atoms with van der Waals surface area (Å²) in [6.07, 6.45) is 4.39. The quantitative estimate of drug-likeness (QED) is 0.298. The Bertz CT molecular complexity index is 954. The Morgan fingerprint density at radius 1 is 1.00 bits per heavy atom. The first-order valence-corrected chi connectivity index (χ1v) is 8.96. The van der Waals surface area contributed by atoms with Crippen molar-refractivity contribution in [2.75, 3.05) is 12.0 Å². The number of phenolic OH excluding ortho intramolecular Hbond substituents is 1. The molecule has 0 bridgehead atoms. The fourth-order valence-corrected chi connectivity index (χ4v) is 2.93. The number of carboxylic acids is 2. The average molecular weight is 400 g/mol. The van der Waals surface area contributed by atoms with Crippen LogP contribution in [0.4, 0.5) is 5.69 Å². The minimum Gasteiger partial charge on any atom is -0.507 e. The molecule has 6 N–H and O–H groups in total. The monoisotopic (exact) mass is 400 g/mol. The Morgan fingerprint density at radius 2 is 1.57 bits per heavy atom. The van der Waals surface area contributed by atoms with Gasteiger partial charge in [0.2, 0.25) is 0 Å². The van der Waals surface area contributed by atoms with Gasteiger partial charge in [0.05, 0.1) is 28.0 Å². The summed E-state index contributed by atoms with van der Waals surface area (Å²) in [7, 11) is 0. The molecule has 1 aliphatic rings. The molecular formula is C19H16N2O6S. The first kappa shape index (κ1) is 20.7. The van der Waals surface area contributed by atoms with Gasteiger partial charge in [0.15, 0.2) is 5.78 Å². The van der Waals surface area contributed by atoms with Crippen molar-refractivity contribution in [3.05, 3.63) is 64.7 Å². The van der Waals surface area contributed by atoms with Crippen LogP contribution in [0.3, 0.4) is 0 Å². The van der Waals surface area contributed by atoms with Crippen LogP contribution in [0.25, 0.3) is 0 Å². The molecule has 1 aliphatic carbocycles. The van der Waals surface area contributed by atoms with Gasteiger partial charge in [-0.05, 0) is 48.7 Å². The molecule has 0 atom stereocenters. The molecule has 9 heteroatoms. The number of aromatic carboxylic acids is 2. The van der Waals surface area contributed by atoms with Crippen LogP contribution in [0.15, 0.2) is 47.4 Å². The summed E-state index contributed by atoms with van der Waals surface area (Å²) < 4.78 is 0. The summed E-state index contributed by atoms with van der Waals surface area (Å²) in [5.74, 6) is -2.60. The molecule has 0 saturated carbocycles. The third-order valence-corrected chi connectivity index (χ3v) is 4.48. The lowest BCUT2D eigenvalue weighted by atomic mass is 9.92. The largest absolute Gasteiger partial charge is 0.507 e. The predicted molar refractivity (Wildman–Crippen MR) is 105 cm³/mol. The molecule has 0 heterocycles. The Kier molecular flexibility index (Phi) is 6.22. The lowest BCUT2D eigenvalue weighted by Gasteiger charge is -2.14. The molecule has 0 saturated heterocycles. The van der Waals surface area contributed by atoms with E-state index in [0.717, 1.165) is 6.07 Å². The highest BCUT2D eigenvalue weighted by molar-refractivity contribution is 7.98. The Morgan fingerprint density at radius 3 is 2.04 bits per heavy atom. The van der Waals surface area contributed by atoms with Gasteiger partial charge in [0.1, 0.15) is 5.75 Å². The van der Waals surface area contributed by atoms with Crippen molar-refractivity contribution >= 4 is 40.9 Å². The van der Waals surface area contributed by atoms with E-state index in [4.69, 9.17) is 21.4 Å². The molecule has 0 aromatic heterocycles. The first-order valence-electron chi connectivity index (χ1n) is 7.74. The van der Waals surface area contributed by atoms with Gasteiger partial charge in [-0.25, -0.2) is 9.59 Å². The van der Waals surface area contributed by atoms with Crippen molar-refractivity contribution in [2.24, 2.45) is 0 Å². The molecule has 0 amide bonds. The standard InChI is InChI=1S/C10H8N2O2.C9H8O4S/c11-5-1-3-7(13)10-6(12)2-4-8(14)9(5)10;1-14-7-3-5(8(10)11)2-6(4-7)9(12)13/h1-4,11,14H,12H2;2-4H,1H3,(H,10,11)(H,12,13). The highest BCUT2D eigenvalue weighted by atomic mass is 32.2. The number of phenols is 1. The molecule has 8 nitrogen and oxygen atoms in total. The van der Waals surface area contributed by atoms with Gasteiger partial charge in [-0.15, -0.1) is 11.8 Å². The van der Waals surface area contributed by atoms with E-state index in [1.165, 1.54) is 48.2 Å². The fourth-order valence-electron chi connectivity index (χ4n) is 2.44. The minimum atomic E-state index is -1.12. The SMILES string of the molecule is CSc1cc(C(=O)O)cc(C(=O)O)c1.N=C1C=CC(=O)c2c(N)ccc(O)c21. The number of nitrogens with one attached hydrogen (secondary N) is 1. The smallest absolute Gasteiger partial charge is 0.335 e. The number of nitrogen functional groups attached to an aromatic ring is 1. The van der Waals surface area contributed by atoms with E-state index in [2.05, 4.69) is 0 Å². The number of allylic oxidation sites excluding steroid dienone is 2. The van der Waals surface area contributed by atoms with E-state index in [9.17, 15) is 19.5 Å². The summed E-state index contributed by atoms with van der Waals surface area (Å²) >= 11 is 1.31. The van der Waals surface area contributed by atoms with Crippen LogP contribution < -0.4 is 5.73 Å². The summed E-state index contributed by atoms with van der Waals surface area (Å²) in [5.41, 5.74) is 6.42. The van der Waals surface area contributed by atoms with Gasteiger partial charge in [-0.3, -0.25) is 4.79 Å². The number of fused-ring (bicyclic) bond motifs is 1. The maximum Gasteiger partial charge on any atom is 0.335 e. The Hall–Kier alpha value is -3.59. The zero-order valence-corrected chi connectivity index (χ0v) is 15.4. The number of rotatable bonds is 3. The van der Waals surface area contributed by atoms with Crippen LogP contribution in [0, 0.1) is 5.41 Å². The van der Waals surface area contributed by atoms with Gasteiger partial charge in [0, 0.05) is 10.6 Å². The van der Waals surface area contributed by atoms with Crippen molar-refractivity contribution < 1.29 is 29.7 Å². The van der Waals surface area contributed by atoms with Gasteiger partial charge < -0.3 is 26.5 Å². The van der Waals surface area contributed by atoms with Crippen LogP contribution in [-0.2, 0) is 0 Å². The van der Waals surface area contributed by atoms with Crippen molar-refractivity contribution in [1.82, 2.24) is 0 Å². The van der Waals surface area contributed by atoms with Crippen LogP contribution in [0.5, 0.6) is 5.75 Å². The van der Waals surface area contributed by atoms with E-state index in [1.807, 2.05) is 0 Å². The second-order valence-electron chi connectivity index (χ2n) is 5.60. The highest BCUT2D eigenvalue weighted by Crippen LogP contribution is 2.30. The van der Waals surface area contributed by atoms with Gasteiger partial charge in [0.25, 0.3) is 0 Å². The van der Waals surface area contributed by atoms with Gasteiger partial charge >= 0.3 is 11.9 Å². The number of ketones is 1. The minimum absolute atomic E-state index is 0.00532. The summed E-state index contributed by atoms with van der Waals surface area (Å²) in [4.78, 5) is 33.3. The van der Waals surface area contributed by atoms with Gasteiger partial charge in [-0.2, -0.15) is 0 Å². The number of hydrogen-bond acceptors (Lipinski definition) is 7. The second kappa shape index (κ2) is 8.40. The highest BCUT2D eigenvalue weighted by Gasteiger charge is 2.22. The normalized spacial score (nSPS) is 12.0. The van der Waals surface area contributed by atoms with Crippen molar-refractivity contribution in [3.8, 4) is 5.75 Å². The number of benzene rings is 2. The molecule has 3 rings (SSSR count). The number of carbonyl (C=O) groups is 3. The summed E-state index contributed by atoms with van der Waals surface area (Å²) in [6, 6.07) is 6.87. The third-order valence-electron chi connectivity index (χ3n) is 3.77. The molecule has 2 aromatic rings. The van der Waals surface area contributed by atoms with Crippen LogP contribution in [-0.4, -0.2) is 45.0 Å². The molecule has 0 spiro atoms. The molecule has 0 unspecified atom stereocenters. The average Bonchev–Trinajstić information content (AvgIpc) is 2.66. The number of carbonyl (C=O) groups excluding carboxylic acids is 1. The van der Waals surface area contributed by atoms with Crippen molar-refractivity contribution in [3.63, 3.8) is 0 Å². The Balaban J connectivity index is 0.000000200. The maximum absolute atomic E-state index is 11.4. The molecule has 144 valence electrons. The molecule has 2 aromatic carbocycles. The first-order chi connectivity index (χ1) is 13.1. The zero-order chi connectivity index (χ0) is 21.0. The Labute approximate surface area is 163 Å². The van der Waals surface area contributed by atoms with Crippen molar-refractivity contribution in [2.45, 2.75) is 4.90 Å². The number of nitrogens with two attached hydrogens (primary N) is 1. The molecule has 0 fully saturated rings. The van der Waals surface area contributed by atoms with Crippen LogP contribution in [0.1, 0.15) is 36.6 Å².